The fraction of sp³-hybridized carbons (Fsp3) is 0.200. The van der Waals surface area contributed by atoms with Crippen molar-refractivity contribution in [2.24, 2.45) is 0 Å². The molecule has 0 aliphatic carbocycles. The molecule has 0 saturated carbocycles. The molecule has 18 heavy (non-hydrogen) atoms. The van der Waals surface area contributed by atoms with Gasteiger partial charge in [-0.25, -0.2) is 0 Å². The SMILES string of the molecule is C[C@@H](O)c1ccc(N(C)c2ccccc2)c(Br)c1. The molecule has 0 saturated heterocycles. The van der Waals surface area contributed by atoms with Crippen molar-refractivity contribution < 1.29 is 5.11 Å². The van der Waals surface area contributed by atoms with Gasteiger partial charge in [-0.3, -0.25) is 0 Å². The summed E-state index contributed by atoms with van der Waals surface area (Å²) in [5, 5.41) is 9.56. The molecule has 0 unspecified atom stereocenters. The largest absolute Gasteiger partial charge is 0.389 e. The van der Waals surface area contributed by atoms with Crippen LogP contribution in [0, 0.1) is 0 Å². The summed E-state index contributed by atoms with van der Waals surface area (Å²) < 4.78 is 0.979. The molecule has 1 atom stereocenters. The molecule has 2 aromatic carbocycles. The van der Waals surface area contributed by atoms with Crippen LogP contribution in [0.5, 0.6) is 0 Å². The number of anilines is 2. The number of hydrogen-bond acceptors (Lipinski definition) is 2. The van der Waals surface area contributed by atoms with Gasteiger partial charge in [0.2, 0.25) is 0 Å². The van der Waals surface area contributed by atoms with E-state index >= 15 is 0 Å². The first-order valence-corrected chi connectivity index (χ1v) is 6.65. The Labute approximate surface area is 116 Å². The maximum Gasteiger partial charge on any atom is 0.0762 e. The molecule has 0 bridgehead atoms. The van der Waals surface area contributed by atoms with Gasteiger partial charge in [-0.2, -0.15) is 0 Å². The Balaban J connectivity index is 2.34. The molecular formula is C15H16BrNO. The van der Waals surface area contributed by atoms with Crippen molar-refractivity contribution in [2.75, 3.05) is 11.9 Å². The molecule has 0 spiro atoms. The van der Waals surface area contributed by atoms with Crippen molar-refractivity contribution in [3.8, 4) is 0 Å². The van der Waals surface area contributed by atoms with Gasteiger partial charge in [-0.05, 0) is 52.7 Å². The van der Waals surface area contributed by atoms with Crippen LogP contribution in [0.15, 0.2) is 53.0 Å². The average molecular weight is 306 g/mol. The fourth-order valence-corrected chi connectivity index (χ4v) is 2.51. The zero-order chi connectivity index (χ0) is 13.1. The summed E-state index contributed by atoms with van der Waals surface area (Å²) in [6, 6.07) is 16.1. The van der Waals surface area contributed by atoms with E-state index in [0.717, 1.165) is 21.4 Å². The summed E-state index contributed by atoms with van der Waals surface area (Å²) in [5.41, 5.74) is 3.11. The molecule has 94 valence electrons. The van der Waals surface area contributed by atoms with Gasteiger partial charge >= 0.3 is 0 Å². The second-order valence-electron chi connectivity index (χ2n) is 4.28. The molecule has 2 nitrogen and oxygen atoms in total. The van der Waals surface area contributed by atoms with Gasteiger partial charge in [-0.15, -0.1) is 0 Å². The van der Waals surface area contributed by atoms with E-state index < -0.39 is 6.10 Å². The van der Waals surface area contributed by atoms with Crippen molar-refractivity contribution in [3.05, 3.63) is 58.6 Å². The smallest absolute Gasteiger partial charge is 0.0762 e. The Morgan fingerprint density at radius 3 is 2.33 bits per heavy atom. The highest BCUT2D eigenvalue weighted by molar-refractivity contribution is 9.10. The number of hydrogen-bond donors (Lipinski definition) is 1. The molecule has 2 aromatic rings. The standard InChI is InChI=1S/C15H16BrNO/c1-11(18)12-8-9-15(14(16)10-12)17(2)13-6-4-3-5-7-13/h3-11,18H,1-2H3/t11-/m1/s1. The third-order valence-corrected chi connectivity index (χ3v) is 3.59. The van der Waals surface area contributed by atoms with Crippen molar-refractivity contribution in [1.29, 1.82) is 0 Å². The second-order valence-corrected chi connectivity index (χ2v) is 5.14. The van der Waals surface area contributed by atoms with Crippen LogP contribution in [-0.2, 0) is 0 Å². The first-order chi connectivity index (χ1) is 8.59. The number of aliphatic hydroxyl groups excluding tert-OH is 1. The lowest BCUT2D eigenvalue weighted by atomic mass is 10.1. The molecule has 0 fully saturated rings. The van der Waals surface area contributed by atoms with Crippen LogP contribution in [0.3, 0.4) is 0 Å². The molecule has 0 aliphatic heterocycles. The van der Waals surface area contributed by atoms with E-state index in [2.05, 4.69) is 33.0 Å². The normalized spacial score (nSPS) is 12.2. The Morgan fingerprint density at radius 2 is 1.78 bits per heavy atom. The number of para-hydroxylation sites is 1. The topological polar surface area (TPSA) is 23.5 Å². The van der Waals surface area contributed by atoms with Gasteiger partial charge in [0, 0.05) is 17.2 Å². The van der Waals surface area contributed by atoms with Crippen LogP contribution in [0.25, 0.3) is 0 Å². The highest BCUT2D eigenvalue weighted by atomic mass is 79.9. The van der Waals surface area contributed by atoms with E-state index in [9.17, 15) is 5.11 Å². The van der Waals surface area contributed by atoms with Crippen LogP contribution < -0.4 is 4.90 Å². The minimum Gasteiger partial charge on any atom is -0.389 e. The van der Waals surface area contributed by atoms with E-state index in [1.54, 1.807) is 6.92 Å². The molecule has 0 radical (unpaired) electrons. The second kappa shape index (κ2) is 5.55. The predicted octanol–water partition coefficient (Wildman–Crippen LogP) is 4.27. The van der Waals surface area contributed by atoms with Gasteiger partial charge in [0.25, 0.3) is 0 Å². The number of benzene rings is 2. The maximum atomic E-state index is 9.56. The maximum absolute atomic E-state index is 9.56. The van der Waals surface area contributed by atoms with Crippen molar-refractivity contribution in [3.63, 3.8) is 0 Å². The third-order valence-electron chi connectivity index (χ3n) is 2.96. The lowest BCUT2D eigenvalue weighted by Crippen LogP contribution is -2.10. The third kappa shape index (κ3) is 2.74. The summed E-state index contributed by atoms with van der Waals surface area (Å²) in [7, 11) is 2.03. The van der Waals surface area contributed by atoms with Crippen LogP contribution in [0.2, 0.25) is 0 Å². The molecule has 1 N–H and O–H groups in total. The number of nitrogens with zero attached hydrogens (tertiary/aromatic N) is 1. The minimum absolute atomic E-state index is 0.447. The summed E-state index contributed by atoms with van der Waals surface area (Å²) in [6.07, 6.45) is -0.447. The van der Waals surface area contributed by atoms with Crippen LogP contribution in [0.4, 0.5) is 11.4 Å². The van der Waals surface area contributed by atoms with Gasteiger partial charge in [-0.1, -0.05) is 24.3 Å². The Bertz CT molecular complexity index is 525. The zero-order valence-electron chi connectivity index (χ0n) is 10.5. The summed E-state index contributed by atoms with van der Waals surface area (Å²) in [4.78, 5) is 2.11. The lowest BCUT2D eigenvalue weighted by Gasteiger charge is -2.21. The van der Waals surface area contributed by atoms with Crippen LogP contribution in [-0.4, -0.2) is 12.2 Å². The lowest BCUT2D eigenvalue weighted by molar-refractivity contribution is 0.199. The average Bonchev–Trinajstić information content (AvgIpc) is 2.38. The van der Waals surface area contributed by atoms with Gasteiger partial charge in [0.1, 0.15) is 0 Å². The Morgan fingerprint density at radius 1 is 1.11 bits per heavy atom. The molecule has 0 aromatic heterocycles. The van der Waals surface area contributed by atoms with E-state index in [4.69, 9.17) is 0 Å². The van der Waals surface area contributed by atoms with E-state index in [-0.39, 0.29) is 0 Å². The van der Waals surface area contributed by atoms with Crippen molar-refractivity contribution >= 4 is 27.3 Å². The van der Waals surface area contributed by atoms with E-state index in [0.29, 0.717) is 0 Å². The quantitative estimate of drug-likeness (QED) is 0.915. The molecule has 3 heteroatoms. The highest BCUT2D eigenvalue weighted by Gasteiger charge is 2.09. The molecular weight excluding hydrogens is 290 g/mol. The zero-order valence-corrected chi connectivity index (χ0v) is 12.1. The fourth-order valence-electron chi connectivity index (χ4n) is 1.85. The van der Waals surface area contributed by atoms with E-state index in [1.807, 2.05) is 43.4 Å². The van der Waals surface area contributed by atoms with Crippen LogP contribution in [0.1, 0.15) is 18.6 Å². The molecule has 0 aliphatic rings. The summed E-state index contributed by atoms with van der Waals surface area (Å²) in [6.45, 7) is 1.77. The summed E-state index contributed by atoms with van der Waals surface area (Å²) in [5.74, 6) is 0. The van der Waals surface area contributed by atoms with Crippen molar-refractivity contribution in [2.45, 2.75) is 13.0 Å². The molecule has 2 rings (SSSR count). The minimum atomic E-state index is -0.447. The van der Waals surface area contributed by atoms with Gasteiger partial charge in [0.05, 0.1) is 11.8 Å². The Hall–Kier alpha value is -1.32. The van der Waals surface area contributed by atoms with Crippen LogP contribution >= 0.6 is 15.9 Å². The first-order valence-electron chi connectivity index (χ1n) is 5.86. The molecule has 0 heterocycles. The summed E-state index contributed by atoms with van der Waals surface area (Å²) >= 11 is 3.56. The number of halogens is 1. The number of aliphatic hydroxyl groups is 1. The van der Waals surface area contributed by atoms with Gasteiger partial charge < -0.3 is 10.0 Å². The van der Waals surface area contributed by atoms with Gasteiger partial charge in [0.15, 0.2) is 0 Å². The molecule has 0 amide bonds. The predicted molar refractivity (Wildman–Crippen MR) is 79.3 cm³/mol. The highest BCUT2D eigenvalue weighted by Crippen LogP contribution is 2.32. The van der Waals surface area contributed by atoms with Crippen molar-refractivity contribution in [1.82, 2.24) is 0 Å². The van der Waals surface area contributed by atoms with E-state index in [1.165, 1.54) is 0 Å². The monoisotopic (exact) mass is 305 g/mol. The Kier molecular flexibility index (Phi) is 4.04. The first kappa shape index (κ1) is 13.1. The number of rotatable bonds is 3.